The van der Waals surface area contributed by atoms with Gasteiger partial charge in [-0.2, -0.15) is 11.8 Å². The number of carbonyl (C=O) groups is 1. The Morgan fingerprint density at radius 1 is 1.45 bits per heavy atom. The third-order valence-electron chi connectivity index (χ3n) is 2.87. The minimum atomic E-state index is -0.225. The fourth-order valence-corrected chi connectivity index (χ4v) is 2.74. The largest absolute Gasteiger partial charge is 0.469 e. The van der Waals surface area contributed by atoms with Crippen molar-refractivity contribution in [3.63, 3.8) is 0 Å². The van der Waals surface area contributed by atoms with E-state index in [0.717, 1.165) is 0 Å². The highest BCUT2D eigenvalue weighted by atomic mass is 32.2. The van der Waals surface area contributed by atoms with Crippen LogP contribution in [0.2, 0.25) is 0 Å². The molecule has 0 aliphatic carbocycles. The summed E-state index contributed by atoms with van der Waals surface area (Å²) in [4.78, 5) is 30.3. The van der Waals surface area contributed by atoms with Gasteiger partial charge in [0.2, 0.25) is 0 Å². The van der Waals surface area contributed by atoms with Gasteiger partial charge < -0.3 is 9.72 Å². The first-order chi connectivity index (χ1) is 9.61. The maximum atomic E-state index is 11.9. The normalized spacial score (nSPS) is 12.3. The number of nitrogens with one attached hydrogen (secondary N) is 1. The lowest BCUT2D eigenvalue weighted by Gasteiger charge is -2.08. The fourth-order valence-electron chi connectivity index (χ4n) is 1.80. The molecular formula is C14H16N2O3S. The van der Waals surface area contributed by atoms with Gasteiger partial charge in [-0.25, -0.2) is 4.98 Å². The summed E-state index contributed by atoms with van der Waals surface area (Å²) in [6, 6.07) is 7.23. The number of thioether (sulfide) groups is 1. The van der Waals surface area contributed by atoms with Crippen molar-refractivity contribution in [1.82, 2.24) is 9.97 Å². The van der Waals surface area contributed by atoms with Crippen LogP contribution >= 0.6 is 11.8 Å². The van der Waals surface area contributed by atoms with Crippen LogP contribution in [-0.4, -0.2) is 28.8 Å². The van der Waals surface area contributed by atoms with E-state index in [0.29, 0.717) is 28.2 Å². The molecule has 1 aromatic heterocycles. The van der Waals surface area contributed by atoms with E-state index in [1.807, 2.05) is 25.1 Å². The predicted octanol–water partition coefficient (Wildman–Crippen LogP) is 1.97. The molecule has 1 aromatic carbocycles. The van der Waals surface area contributed by atoms with Crippen molar-refractivity contribution in [3.05, 3.63) is 40.4 Å². The smallest absolute Gasteiger partial charge is 0.309 e. The molecule has 106 valence electrons. The van der Waals surface area contributed by atoms with E-state index in [9.17, 15) is 9.59 Å². The molecule has 1 N–H and O–H groups in total. The molecule has 0 radical (unpaired) electrons. The standard InChI is InChI=1S/C14H16N2O3S/c1-9(14(18)19-2)7-20-8-12-15-11-6-4-3-5-10(11)13(17)16-12/h3-6,9H,7-8H2,1-2H3,(H,15,16,17). The summed E-state index contributed by atoms with van der Waals surface area (Å²) in [6.45, 7) is 1.81. The summed E-state index contributed by atoms with van der Waals surface area (Å²) < 4.78 is 4.67. The van der Waals surface area contributed by atoms with Crippen molar-refractivity contribution >= 4 is 28.6 Å². The Labute approximate surface area is 120 Å². The Kier molecular flexibility index (Phi) is 4.79. The highest BCUT2D eigenvalue weighted by Gasteiger charge is 2.13. The molecule has 1 heterocycles. The van der Waals surface area contributed by atoms with Crippen LogP contribution in [0.3, 0.4) is 0 Å². The predicted molar refractivity (Wildman–Crippen MR) is 79.7 cm³/mol. The molecule has 0 aliphatic heterocycles. The molecule has 0 amide bonds. The summed E-state index contributed by atoms with van der Waals surface area (Å²) in [5.74, 6) is 1.41. The van der Waals surface area contributed by atoms with Gasteiger partial charge in [0.15, 0.2) is 0 Å². The van der Waals surface area contributed by atoms with Gasteiger partial charge in [-0.05, 0) is 12.1 Å². The Morgan fingerprint density at radius 3 is 2.95 bits per heavy atom. The van der Waals surface area contributed by atoms with Crippen LogP contribution in [0.4, 0.5) is 0 Å². The third kappa shape index (κ3) is 3.39. The molecule has 0 saturated heterocycles. The molecule has 2 aromatic rings. The Balaban J connectivity index is 2.04. The molecule has 1 unspecified atom stereocenters. The number of methoxy groups -OCH3 is 1. The summed E-state index contributed by atoms with van der Waals surface area (Å²) in [7, 11) is 1.38. The number of benzene rings is 1. The van der Waals surface area contributed by atoms with Crippen LogP contribution in [0.15, 0.2) is 29.1 Å². The minimum Gasteiger partial charge on any atom is -0.469 e. The van der Waals surface area contributed by atoms with Gasteiger partial charge in [-0.1, -0.05) is 19.1 Å². The number of rotatable bonds is 5. The van der Waals surface area contributed by atoms with E-state index in [1.165, 1.54) is 7.11 Å². The van der Waals surface area contributed by atoms with E-state index < -0.39 is 0 Å². The van der Waals surface area contributed by atoms with Crippen molar-refractivity contribution in [1.29, 1.82) is 0 Å². The highest BCUT2D eigenvalue weighted by Crippen LogP contribution is 2.15. The number of para-hydroxylation sites is 1. The summed E-state index contributed by atoms with van der Waals surface area (Å²) in [5.41, 5.74) is 0.556. The quantitative estimate of drug-likeness (QED) is 0.853. The lowest BCUT2D eigenvalue weighted by molar-refractivity contribution is -0.143. The Bertz CT molecular complexity index is 669. The van der Waals surface area contributed by atoms with E-state index in [4.69, 9.17) is 0 Å². The molecule has 0 saturated carbocycles. The maximum absolute atomic E-state index is 11.9. The van der Waals surface area contributed by atoms with E-state index in [1.54, 1.807) is 17.8 Å². The average Bonchev–Trinajstić information content (AvgIpc) is 2.46. The molecule has 20 heavy (non-hydrogen) atoms. The van der Waals surface area contributed by atoms with Gasteiger partial charge >= 0.3 is 5.97 Å². The van der Waals surface area contributed by atoms with E-state index in [2.05, 4.69) is 14.7 Å². The molecule has 2 rings (SSSR count). The van der Waals surface area contributed by atoms with Crippen LogP contribution in [0, 0.1) is 5.92 Å². The summed E-state index contributed by atoms with van der Waals surface area (Å²) in [6.07, 6.45) is 0. The highest BCUT2D eigenvalue weighted by molar-refractivity contribution is 7.98. The fraction of sp³-hybridized carbons (Fsp3) is 0.357. The van der Waals surface area contributed by atoms with Gasteiger partial charge in [-0.15, -0.1) is 0 Å². The molecule has 5 nitrogen and oxygen atoms in total. The van der Waals surface area contributed by atoms with Crippen molar-refractivity contribution in [2.75, 3.05) is 12.9 Å². The second-order valence-electron chi connectivity index (χ2n) is 4.47. The van der Waals surface area contributed by atoms with Crippen LogP contribution in [0.1, 0.15) is 12.7 Å². The number of esters is 1. The average molecular weight is 292 g/mol. The number of hydrogen-bond donors (Lipinski definition) is 1. The second kappa shape index (κ2) is 6.56. The summed E-state index contributed by atoms with van der Waals surface area (Å²) >= 11 is 1.54. The van der Waals surface area contributed by atoms with Gasteiger partial charge in [0.1, 0.15) is 5.82 Å². The first kappa shape index (κ1) is 14.6. The van der Waals surface area contributed by atoms with Gasteiger partial charge in [-0.3, -0.25) is 9.59 Å². The zero-order valence-corrected chi connectivity index (χ0v) is 12.2. The third-order valence-corrected chi connectivity index (χ3v) is 4.09. The minimum absolute atomic E-state index is 0.132. The number of fused-ring (bicyclic) bond motifs is 1. The van der Waals surface area contributed by atoms with Crippen molar-refractivity contribution in [2.45, 2.75) is 12.7 Å². The number of aromatic nitrogens is 2. The van der Waals surface area contributed by atoms with E-state index in [-0.39, 0.29) is 17.4 Å². The van der Waals surface area contributed by atoms with Crippen LogP contribution < -0.4 is 5.56 Å². The molecule has 0 bridgehead atoms. The number of ether oxygens (including phenoxy) is 1. The number of carbonyl (C=O) groups excluding carboxylic acids is 1. The van der Waals surface area contributed by atoms with Crippen molar-refractivity contribution in [3.8, 4) is 0 Å². The molecule has 0 fully saturated rings. The van der Waals surface area contributed by atoms with Crippen molar-refractivity contribution < 1.29 is 9.53 Å². The first-order valence-electron chi connectivity index (χ1n) is 6.25. The maximum Gasteiger partial charge on any atom is 0.309 e. The monoisotopic (exact) mass is 292 g/mol. The molecule has 1 atom stereocenters. The zero-order chi connectivity index (χ0) is 14.5. The van der Waals surface area contributed by atoms with Gasteiger partial charge in [0.05, 0.1) is 29.7 Å². The van der Waals surface area contributed by atoms with Crippen LogP contribution in [0.25, 0.3) is 10.9 Å². The van der Waals surface area contributed by atoms with Crippen molar-refractivity contribution in [2.24, 2.45) is 5.92 Å². The SMILES string of the molecule is COC(=O)C(C)CSCc1nc2ccccc2c(=O)[nH]1. The lowest BCUT2D eigenvalue weighted by atomic mass is 10.2. The Morgan fingerprint density at radius 2 is 2.20 bits per heavy atom. The molecule has 0 spiro atoms. The lowest BCUT2D eigenvalue weighted by Crippen LogP contribution is -2.15. The molecule has 0 aliphatic rings. The zero-order valence-electron chi connectivity index (χ0n) is 11.4. The number of hydrogen-bond acceptors (Lipinski definition) is 5. The number of H-pyrrole nitrogens is 1. The van der Waals surface area contributed by atoms with Crippen LogP contribution in [0.5, 0.6) is 0 Å². The number of aromatic amines is 1. The second-order valence-corrected chi connectivity index (χ2v) is 5.50. The first-order valence-corrected chi connectivity index (χ1v) is 7.41. The van der Waals surface area contributed by atoms with Gasteiger partial charge in [0, 0.05) is 5.75 Å². The van der Waals surface area contributed by atoms with Gasteiger partial charge in [0.25, 0.3) is 5.56 Å². The topological polar surface area (TPSA) is 72.0 Å². The van der Waals surface area contributed by atoms with E-state index >= 15 is 0 Å². The molecular weight excluding hydrogens is 276 g/mol. The number of nitrogens with zero attached hydrogens (tertiary/aromatic N) is 1. The Hall–Kier alpha value is -1.82. The summed E-state index contributed by atoms with van der Waals surface area (Å²) in [5, 5.41) is 0.587. The van der Waals surface area contributed by atoms with Crippen LogP contribution in [-0.2, 0) is 15.3 Å². The molecule has 6 heteroatoms.